The SMILES string of the molecule is O=C(C1CN(CS(=O)(=O)c2ccc3ccccc3c2)C1)N1CCNCC1. The van der Waals surface area contributed by atoms with Gasteiger partial charge in [-0.1, -0.05) is 30.3 Å². The Bertz CT molecular complexity index is 917. The van der Waals surface area contributed by atoms with Gasteiger partial charge in [-0.3, -0.25) is 9.69 Å². The predicted octanol–water partition coefficient (Wildman–Crippen LogP) is 0.935. The molecule has 0 aromatic heterocycles. The van der Waals surface area contributed by atoms with E-state index in [4.69, 9.17) is 0 Å². The van der Waals surface area contributed by atoms with Gasteiger partial charge in [0, 0.05) is 39.3 Å². The van der Waals surface area contributed by atoms with Gasteiger partial charge in [-0.2, -0.15) is 0 Å². The van der Waals surface area contributed by atoms with Crippen molar-refractivity contribution in [2.24, 2.45) is 5.92 Å². The first-order chi connectivity index (χ1) is 12.5. The van der Waals surface area contributed by atoms with E-state index in [2.05, 4.69) is 5.32 Å². The summed E-state index contributed by atoms with van der Waals surface area (Å²) >= 11 is 0. The first kappa shape index (κ1) is 17.5. The van der Waals surface area contributed by atoms with Crippen LogP contribution in [-0.2, 0) is 14.6 Å². The molecule has 0 atom stereocenters. The van der Waals surface area contributed by atoms with Gasteiger partial charge in [-0.15, -0.1) is 0 Å². The third kappa shape index (κ3) is 3.47. The second-order valence-corrected chi connectivity index (χ2v) is 9.02. The zero-order chi connectivity index (χ0) is 18.1. The quantitative estimate of drug-likeness (QED) is 0.864. The minimum Gasteiger partial charge on any atom is -0.340 e. The number of hydrogen-bond acceptors (Lipinski definition) is 5. The van der Waals surface area contributed by atoms with Gasteiger partial charge in [0.2, 0.25) is 5.91 Å². The van der Waals surface area contributed by atoms with E-state index in [9.17, 15) is 13.2 Å². The molecule has 0 unspecified atom stereocenters. The van der Waals surface area contributed by atoms with E-state index >= 15 is 0 Å². The van der Waals surface area contributed by atoms with Gasteiger partial charge in [0.15, 0.2) is 9.84 Å². The number of hydrogen-bond donors (Lipinski definition) is 1. The molecule has 2 aromatic carbocycles. The number of carbonyl (C=O) groups excluding carboxylic acids is 1. The van der Waals surface area contributed by atoms with Gasteiger partial charge in [0.05, 0.1) is 10.8 Å². The smallest absolute Gasteiger partial charge is 0.228 e. The Morgan fingerprint density at radius 3 is 2.46 bits per heavy atom. The number of amides is 1. The Balaban J connectivity index is 1.38. The fourth-order valence-corrected chi connectivity index (χ4v) is 5.07. The highest BCUT2D eigenvalue weighted by Gasteiger charge is 2.37. The van der Waals surface area contributed by atoms with E-state index in [1.807, 2.05) is 40.1 Å². The van der Waals surface area contributed by atoms with Crippen LogP contribution in [0.3, 0.4) is 0 Å². The molecular formula is C19H23N3O3S. The van der Waals surface area contributed by atoms with Crippen LogP contribution in [0.5, 0.6) is 0 Å². The lowest BCUT2D eigenvalue weighted by molar-refractivity contribution is -0.141. The highest BCUT2D eigenvalue weighted by atomic mass is 32.2. The van der Waals surface area contributed by atoms with Crippen LogP contribution in [0, 0.1) is 5.92 Å². The van der Waals surface area contributed by atoms with Crippen LogP contribution in [0.25, 0.3) is 10.8 Å². The molecule has 2 aromatic rings. The molecule has 0 saturated carbocycles. The van der Waals surface area contributed by atoms with E-state index in [1.165, 1.54) is 0 Å². The van der Waals surface area contributed by atoms with Crippen LogP contribution < -0.4 is 5.32 Å². The molecule has 2 aliphatic rings. The van der Waals surface area contributed by atoms with E-state index in [0.717, 1.165) is 37.0 Å². The molecule has 2 saturated heterocycles. The normalized spacial score (nSPS) is 19.5. The maximum absolute atomic E-state index is 12.7. The molecular weight excluding hydrogens is 350 g/mol. The summed E-state index contributed by atoms with van der Waals surface area (Å²) in [4.78, 5) is 16.5. The van der Waals surface area contributed by atoms with E-state index in [-0.39, 0.29) is 17.7 Å². The Labute approximate surface area is 153 Å². The summed E-state index contributed by atoms with van der Waals surface area (Å²) in [6.45, 7) is 4.19. The highest BCUT2D eigenvalue weighted by molar-refractivity contribution is 7.91. The van der Waals surface area contributed by atoms with Crippen LogP contribution in [0.15, 0.2) is 47.4 Å². The van der Waals surface area contributed by atoms with Crippen LogP contribution in [0.4, 0.5) is 0 Å². The fraction of sp³-hybridized carbons (Fsp3) is 0.421. The lowest BCUT2D eigenvalue weighted by atomic mass is 9.99. The van der Waals surface area contributed by atoms with E-state index in [1.54, 1.807) is 12.1 Å². The van der Waals surface area contributed by atoms with Crippen molar-refractivity contribution in [1.29, 1.82) is 0 Å². The first-order valence-corrected chi connectivity index (χ1v) is 10.6. The maximum Gasteiger partial charge on any atom is 0.228 e. The summed E-state index contributed by atoms with van der Waals surface area (Å²) in [6, 6.07) is 13.0. The third-order valence-corrected chi connectivity index (χ3v) is 6.84. The van der Waals surface area contributed by atoms with Crippen molar-refractivity contribution < 1.29 is 13.2 Å². The third-order valence-electron chi connectivity index (χ3n) is 5.17. The number of piperazine rings is 1. The van der Waals surface area contributed by atoms with Gasteiger partial charge in [0.25, 0.3) is 0 Å². The summed E-state index contributed by atoms with van der Waals surface area (Å²) in [6.07, 6.45) is 0. The zero-order valence-corrected chi connectivity index (χ0v) is 15.4. The highest BCUT2D eigenvalue weighted by Crippen LogP contribution is 2.24. The Hall–Kier alpha value is -1.96. The number of nitrogens with one attached hydrogen (secondary N) is 1. The summed E-state index contributed by atoms with van der Waals surface area (Å²) in [5.74, 6) is 0.0576. The van der Waals surface area contributed by atoms with Gasteiger partial charge in [-0.25, -0.2) is 8.42 Å². The van der Waals surface area contributed by atoms with Crippen molar-refractivity contribution in [2.75, 3.05) is 45.1 Å². The second kappa shape index (κ2) is 6.98. The Morgan fingerprint density at radius 1 is 1.04 bits per heavy atom. The standard InChI is InChI=1S/C19H23N3O3S/c23-19(22-9-7-20-8-10-22)17-12-21(13-17)14-26(24,25)18-6-5-15-3-1-2-4-16(15)11-18/h1-6,11,17,20H,7-10,12-14H2. The molecule has 0 radical (unpaired) electrons. The number of fused-ring (bicyclic) bond motifs is 1. The first-order valence-electron chi connectivity index (χ1n) is 8.96. The molecule has 2 fully saturated rings. The monoisotopic (exact) mass is 373 g/mol. The molecule has 1 amide bonds. The van der Waals surface area contributed by atoms with Gasteiger partial charge in [-0.05, 0) is 22.9 Å². The summed E-state index contributed by atoms with van der Waals surface area (Å²) in [7, 11) is -3.39. The molecule has 4 rings (SSSR count). The summed E-state index contributed by atoms with van der Waals surface area (Å²) < 4.78 is 25.4. The second-order valence-electron chi connectivity index (χ2n) is 7.06. The topological polar surface area (TPSA) is 69.7 Å². The van der Waals surface area contributed by atoms with Crippen LogP contribution in [-0.4, -0.2) is 69.3 Å². The number of rotatable bonds is 4. The van der Waals surface area contributed by atoms with Crippen LogP contribution >= 0.6 is 0 Å². The molecule has 6 nitrogen and oxygen atoms in total. The summed E-state index contributed by atoms with van der Waals surface area (Å²) in [5.41, 5.74) is 0. The molecule has 7 heteroatoms. The zero-order valence-electron chi connectivity index (χ0n) is 14.6. The molecule has 26 heavy (non-hydrogen) atoms. The van der Waals surface area contributed by atoms with Gasteiger partial charge < -0.3 is 10.2 Å². The predicted molar refractivity (Wildman–Crippen MR) is 101 cm³/mol. The number of likely N-dealkylation sites (tertiary alicyclic amines) is 1. The van der Waals surface area contributed by atoms with Crippen molar-refractivity contribution >= 4 is 26.5 Å². The van der Waals surface area contributed by atoms with Crippen molar-refractivity contribution in [3.8, 4) is 0 Å². The summed E-state index contributed by atoms with van der Waals surface area (Å²) in [5, 5.41) is 5.18. The molecule has 138 valence electrons. The number of nitrogens with zero attached hydrogens (tertiary/aromatic N) is 2. The molecule has 0 bridgehead atoms. The van der Waals surface area contributed by atoms with Crippen LogP contribution in [0.1, 0.15) is 0 Å². The maximum atomic E-state index is 12.7. The van der Waals surface area contributed by atoms with Crippen molar-refractivity contribution in [2.45, 2.75) is 4.90 Å². The molecule has 0 spiro atoms. The lowest BCUT2D eigenvalue weighted by Gasteiger charge is -2.41. The molecule has 2 heterocycles. The Morgan fingerprint density at radius 2 is 1.73 bits per heavy atom. The van der Waals surface area contributed by atoms with E-state index < -0.39 is 9.84 Å². The minimum atomic E-state index is -3.39. The van der Waals surface area contributed by atoms with E-state index in [0.29, 0.717) is 18.0 Å². The number of benzene rings is 2. The average molecular weight is 373 g/mol. The fourth-order valence-electron chi connectivity index (χ4n) is 3.65. The number of carbonyl (C=O) groups is 1. The van der Waals surface area contributed by atoms with Crippen molar-refractivity contribution in [1.82, 2.24) is 15.1 Å². The van der Waals surface area contributed by atoms with Crippen molar-refractivity contribution in [3.63, 3.8) is 0 Å². The molecule has 1 N–H and O–H groups in total. The largest absolute Gasteiger partial charge is 0.340 e. The average Bonchev–Trinajstić information content (AvgIpc) is 2.64. The lowest BCUT2D eigenvalue weighted by Crippen LogP contribution is -2.58. The molecule has 0 aliphatic carbocycles. The molecule has 2 aliphatic heterocycles. The number of sulfone groups is 1. The minimum absolute atomic E-state index is 0.0311. The van der Waals surface area contributed by atoms with Crippen molar-refractivity contribution in [3.05, 3.63) is 42.5 Å². The van der Waals surface area contributed by atoms with Gasteiger partial charge >= 0.3 is 0 Å². The van der Waals surface area contributed by atoms with Gasteiger partial charge in [0.1, 0.15) is 5.88 Å². The Kier molecular flexibility index (Phi) is 4.69. The van der Waals surface area contributed by atoms with Crippen LogP contribution in [0.2, 0.25) is 0 Å².